The van der Waals surface area contributed by atoms with Gasteiger partial charge < -0.3 is 10.6 Å². The van der Waals surface area contributed by atoms with Crippen molar-refractivity contribution in [1.82, 2.24) is 0 Å². The third-order valence-electron chi connectivity index (χ3n) is 4.34. The maximum Gasteiger partial charge on any atom is 0.0384 e. The normalized spacial score (nSPS) is 9.25. The van der Waals surface area contributed by atoms with Gasteiger partial charge in [0.15, 0.2) is 0 Å². The Hall–Kier alpha value is -4.30. The van der Waals surface area contributed by atoms with Crippen molar-refractivity contribution in [2.24, 2.45) is 0 Å². The standard InChI is InChI=1S/2C12H11N.C6H6/c2*1-3-7-11(8-4-1)13-12-9-5-2-6-10-12;1-2-4-6-5-3-1/h2*1-10,13H;1-6H. The first-order valence-electron chi connectivity index (χ1n) is 10.6. The van der Waals surface area contributed by atoms with Crippen LogP contribution in [-0.2, 0) is 0 Å². The highest BCUT2D eigenvalue weighted by Gasteiger charge is 1.91. The fraction of sp³-hybridized carbons (Fsp3) is 0. The van der Waals surface area contributed by atoms with E-state index >= 15 is 0 Å². The Morgan fingerprint density at radius 1 is 0.219 bits per heavy atom. The van der Waals surface area contributed by atoms with Crippen molar-refractivity contribution < 1.29 is 0 Å². The van der Waals surface area contributed by atoms with Gasteiger partial charge in [-0.05, 0) is 48.5 Å². The van der Waals surface area contributed by atoms with E-state index < -0.39 is 0 Å². The zero-order chi connectivity index (χ0) is 22.1. The molecule has 2 N–H and O–H groups in total. The second-order valence-electron chi connectivity index (χ2n) is 6.87. The van der Waals surface area contributed by atoms with Gasteiger partial charge >= 0.3 is 0 Å². The van der Waals surface area contributed by atoms with Crippen LogP contribution in [0, 0.1) is 0 Å². The molecule has 0 saturated carbocycles. The van der Waals surface area contributed by atoms with Crippen LogP contribution in [0.4, 0.5) is 22.7 Å². The Balaban J connectivity index is 0.000000145. The summed E-state index contributed by atoms with van der Waals surface area (Å²) >= 11 is 0. The molecule has 0 radical (unpaired) electrons. The molecule has 0 unspecified atom stereocenters. The van der Waals surface area contributed by atoms with E-state index in [-0.39, 0.29) is 0 Å². The van der Waals surface area contributed by atoms with Gasteiger partial charge in [0.2, 0.25) is 0 Å². The highest BCUT2D eigenvalue weighted by atomic mass is 14.9. The van der Waals surface area contributed by atoms with Crippen molar-refractivity contribution in [1.29, 1.82) is 0 Å². The SMILES string of the molecule is c1ccc(Nc2ccccc2)cc1.c1ccc(Nc2ccccc2)cc1.c1ccccc1. The Labute approximate surface area is 191 Å². The molecule has 5 rings (SSSR count). The summed E-state index contributed by atoms with van der Waals surface area (Å²) in [6.07, 6.45) is 0. The lowest BCUT2D eigenvalue weighted by Crippen LogP contribution is -1.87. The van der Waals surface area contributed by atoms with Crippen LogP contribution in [0.2, 0.25) is 0 Å². The van der Waals surface area contributed by atoms with Crippen LogP contribution in [0.1, 0.15) is 0 Å². The zero-order valence-corrected chi connectivity index (χ0v) is 18.0. The zero-order valence-electron chi connectivity index (χ0n) is 18.0. The Bertz CT molecular complexity index is 903. The van der Waals surface area contributed by atoms with Crippen LogP contribution >= 0.6 is 0 Å². The second kappa shape index (κ2) is 13.8. The highest BCUT2D eigenvalue weighted by Crippen LogP contribution is 2.15. The van der Waals surface area contributed by atoms with Gasteiger partial charge in [0, 0.05) is 22.7 Å². The van der Waals surface area contributed by atoms with Gasteiger partial charge in [-0.15, -0.1) is 0 Å². The summed E-state index contributed by atoms with van der Waals surface area (Å²) in [5.41, 5.74) is 4.48. The van der Waals surface area contributed by atoms with Crippen molar-refractivity contribution in [2.45, 2.75) is 0 Å². The largest absolute Gasteiger partial charge is 0.356 e. The molecule has 32 heavy (non-hydrogen) atoms. The molecule has 0 bridgehead atoms. The number of rotatable bonds is 4. The van der Waals surface area contributed by atoms with Crippen molar-refractivity contribution in [3.05, 3.63) is 158 Å². The van der Waals surface area contributed by atoms with Gasteiger partial charge in [-0.25, -0.2) is 0 Å². The Morgan fingerprint density at radius 2 is 0.375 bits per heavy atom. The average molecular weight is 417 g/mol. The van der Waals surface area contributed by atoms with E-state index in [0.717, 1.165) is 22.7 Å². The van der Waals surface area contributed by atoms with Crippen LogP contribution in [-0.4, -0.2) is 0 Å². The molecule has 0 aliphatic heterocycles. The average Bonchev–Trinajstić information content (AvgIpc) is 2.88. The number of nitrogens with one attached hydrogen (secondary N) is 2. The van der Waals surface area contributed by atoms with Gasteiger partial charge in [0.05, 0.1) is 0 Å². The summed E-state index contributed by atoms with van der Waals surface area (Å²) in [6, 6.07) is 52.6. The van der Waals surface area contributed by atoms with Crippen molar-refractivity contribution in [2.75, 3.05) is 10.6 Å². The maximum atomic E-state index is 3.30. The van der Waals surface area contributed by atoms with Crippen LogP contribution < -0.4 is 10.6 Å². The summed E-state index contributed by atoms with van der Waals surface area (Å²) in [7, 11) is 0. The smallest absolute Gasteiger partial charge is 0.0384 e. The summed E-state index contributed by atoms with van der Waals surface area (Å²) in [6.45, 7) is 0. The van der Waals surface area contributed by atoms with Crippen molar-refractivity contribution in [3.8, 4) is 0 Å². The highest BCUT2D eigenvalue weighted by molar-refractivity contribution is 5.59. The molecule has 0 aliphatic rings. The molecule has 0 saturated heterocycles. The van der Waals surface area contributed by atoms with E-state index in [1.54, 1.807) is 0 Å². The van der Waals surface area contributed by atoms with E-state index in [0.29, 0.717) is 0 Å². The monoisotopic (exact) mass is 416 g/mol. The van der Waals surface area contributed by atoms with Crippen LogP contribution in [0.25, 0.3) is 0 Å². The van der Waals surface area contributed by atoms with E-state index in [1.807, 2.05) is 158 Å². The fourth-order valence-electron chi connectivity index (χ4n) is 2.80. The topological polar surface area (TPSA) is 24.1 Å². The molecule has 0 spiro atoms. The van der Waals surface area contributed by atoms with Gasteiger partial charge in [0.1, 0.15) is 0 Å². The first-order chi connectivity index (χ1) is 15.9. The molecule has 5 aromatic carbocycles. The molecule has 0 amide bonds. The molecular weight excluding hydrogens is 388 g/mol. The quantitative estimate of drug-likeness (QED) is 0.307. The molecule has 0 atom stereocenters. The molecule has 158 valence electrons. The lowest BCUT2D eigenvalue weighted by molar-refractivity contribution is 1.55. The number of anilines is 4. The lowest BCUT2D eigenvalue weighted by atomic mass is 10.3. The van der Waals surface area contributed by atoms with Crippen LogP contribution in [0.15, 0.2) is 158 Å². The molecule has 5 aromatic rings. The third-order valence-corrected chi connectivity index (χ3v) is 4.34. The van der Waals surface area contributed by atoms with Crippen molar-refractivity contribution >= 4 is 22.7 Å². The van der Waals surface area contributed by atoms with Gasteiger partial charge in [-0.1, -0.05) is 109 Å². The van der Waals surface area contributed by atoms with Crippen LogP contribution in [0.5, 0.6) is 0 Å². The van der Waals surface area contributed by atoms with Gasteiger partial charge in [0.25, 0.3) is 0 Å². The minimum absolute atomic E-state index is 1.12. The van der Waals surface area contributed by atoms with E-state index in [2.05, 4.69) is 10.6 Å². The number of benzene rings is 5. The second-order valence-corrected chi connectivity index (χ2v) is 6.87. The maximum absolute atomic E-state index is 3.30. The molecule has 2 nitrogen and oxygen atoms in total. The van der Waals surface area contributed by atoms with E-state index in [4.69, 9.17) is 0 Å². The minimum Gasteiger partial charge on any atom is -0.356 e. The summed E-state index contributed by atoms with van der Waals surface area (Å²) in [5.74, 6) is 0. The first-order valence-corrected chi connectivity index (χ1v) is 10.6. The number of para-hydroxylation sites is 4. The molecule has 0 fully saturated rings. The molecule has 0 aliphatic carbocycles. The predicted molar refractivity (Wildman–Crippen MR) is 139 cm³/mol. The van der Waals surface area contributed by atoms with E-state index in [1.165, 1.54) is 0 Å². The minimum atomic E-state index is 1.12. The molecule has 0 aromatic heterocycles. The summed E-state index contributed by atoms with van der Waals surface area (Å²) in [4.78, 5) is 0. The Morgan fingerprint density at radius 3 is 0.562 bits per heavy atom. The third kappa shape index (κ3) is 9.02. The van der Waals surface area contributed by atoms with E-state index in [9.17, 15) is 0 Å². The summed E-state index contributed by atoms with van der Waals surface area (Å²) < 4.78 is 0. The van der Waals surface area contributed by atoms with Crippen LogP contribution in [0.3, 0.4) is 0 Å². The molecular formula is C30H28N2. The number of hydrogen-bond acceptors (Lipinski definition) is 2. The fourth-order valence-corrected chi connectivity index (χ4v) is 2.80. The Kier molecular flexibility index (Phi) is 9.68. The summed E-state index contributed by atoms with van der Waals surface area (Å²) in [5, 5.41) is 6.61. The van der Waals surface area contributed by atoms with Gasteiger partial charge in [-0.2, -0.15) is 0 Å². The first kappa shape index (κ1) is 22.4. The lowest BCUT2D eigenvalue weighted by Gasteiger charge is -2.04. The number of hydrogen-bond donors (Lipinski definition) is 2. The predicted octanol–water partition coefficient (Wildman–Crippen LogP) is 8.55. The molecule has 2 heteroatoms. The van der Waals surface area contributed by atoms with Gasteiger partial charge in [-0.3, -0.25) is 0 Å². The molecule has 0 heterocycles. The van der Waals surface area contributed by atoms with Crippen molar-refractivity contribution in [3.63, 3.8) is 0 Å².